The number of rotatable bonds is 7. The Morgan fingerprint density at radius 1 is 1.11 bits per heavy atom. The first-order valence-electron chi connectivity index (χ1n) is 10.2. The van der Waals surface area contributed by atoms with Gasteiger partial charge in [0.2, 0.25) is 5.95 Å². The van der Waals surface area contributed by atoms with E-state index in [9.17, 15) is 0 Å². The van der Waals surface area contributed by atoms with E-state index < -0.39 is 0 Å². The van der Waals surface area contributed by atoms with Gasteiger partial charge < -0.3 is 20.5 Å². The zero-order valence-corrected chi connectivity index (χ0v) is 16.8. The fourth-order valence-electron chi connectivity index (χ4n) is 4.05. The second kappa shape index (κ2) is 8.61. The number of para-hydroxylation sites is 1. The van der Waals surface area contributed by atoms with E-state index in [1.54, 1.807) is 0 Å². The molecule has 1 aromatic carbocycles. The molecule has 2 heterocycles. The molecule has 1 aliphatic carbocycles. The highest BCUT2D eigenvalue weighted by molar-refractivity contribution is 5.82. The maximum atomic E-state index is 4.58. The van der Waals surface area contributed by atoms with Gasteiger partial charge in [-0.15, -0.1) is 0 Å². The van der Waals surface area contributed by atoms with Gasteiger partial charge in [-0.3, -0.25) is 0 Å². The van der Waals surface area contributed by atoms with Gasteiger partial charge in [-0.25, -0.2) is 4.98 Å². The van der Waals surface area contributed by atoms with Crippen LogP contribution in [0.2, 0.25) is 0 Å². The largest absolute Gasteiger partial charge is 0.363 e. The molecule has 0 saturated heterocycles. The number of H-pyrrole nitrogens is 1. The third-order valence-corrected chi connectivity index (χ3v) is 5.70. The topological polar surface area (TPSA) is 68.9 Å². The molecule has 0 unspecified atom stereocenters. The monoisotopic (exact) mass is 378 g/mol. The minimum atomic E-state index is 0.474. The van der Waals surface area contributed by atoms with Crippen molar-refractivity contribution in [1.82, 2.24) is 20.3 Å². The quantitative estimate of drug-likeness (QED) is 0.584. The molecule has 3 aromatic rings. The third kappa shape index (κ3) is 4.44. The summed E-state index contributed by atoms with van der Waals surface area (Å²) in [6.45, 7) is 2.01. The molecular formula is C22H30N6. The summed E-state index contributed by atoms with van der Waals surface area (Å²) in [6.07, 6.45) is 8.78. The highest BCUT2D eigenvalue weighted by Crippen LogP contribution is 2.26. The average Bonchev–Trinajstić information content (AvgIpc) is 3.13. The molecule has 4 rings (SSSR count). The Bertz CT molecular complexity index is 895. The maximum absolute atomic E-state index is 4.58. The smallest absolute Gasteiger partial charge is 0.224 e. The molecule has 0 atom stereocenters. The molecule has 2 aromatic heterocycles. The zero-order chi connectivity index (χ0) is 19.3. The number of benzene rings is 1. The van der Waals surface area contributed by atoms with Gasteiger partial charge in [0.05, 0.1) is 0 Å². The first kappa shape index (κ1) is 18.7. The Morgan fingerprint density at radius 2 is 1.93 bits per heavy atom. The fourth-order valence-corrected chi connectivity index (χ4v) is 4.05. The molecular weight excluding hydrogens is 348 g/mol. The van der Waals surface area contributed by atoms with Crippen molar-refractivity contribution in [2.45, 2.75) is 38.3 Å². The number of fused-ring (bicyclic) bond motifs is 1. The van der Waals surface area contributed by atoms with Gasteiger partial charge in [0.1, 0.15) is 5.82 Å². The van der Waals surface area contributed by atoms with Crippen LogP contribution < -0.4 is 15.5 Å². The predicted octanol–water partition coefficient (Wildman–Crippen LogP) is 3.78. The highest BCUT2D eigenvalue weighted by atomic mass is 15.2. The van der Waals surface area contributed by atoms with Crippen molar-refractivity contribution < 1.29 is 0 Å². The zero-order valence-electron chi connectivity index (χ0n) is 16.8. The van der Waals surface area contributed by atoms with Crippen LogP contribution in [0, 0.1) is 5.92 Å². The predicted molar refractivity (Wildman–Crippen MR) is 116 cm³/mol. The molecule has 0 radical (unpaired) electrons. The van der Waals surface area contributed by atoms with E-state index in [-0.39, 0.29) is 0 Å². The molecule has 1 saturated carbocycles. The van der Waals surface area contributed by atoms with E-state index in [4.69, 9.17) is 0 Å². The van der Waals surface area contributed by atoms with Gasteiger partial charge >= 0.3 is 0 Å². The summed E-state index contributed by atoms with van der Waals surface area (Å²) in [5, 5.41) is 8.51. The van der Waals surface area contributed by atoms with E-state index in [0.717, 1.165) is 30.8 Å². The van der Waals surface area contributed by atoms with Crippen molar-refractivity contribution in [3.05, 3.63) is 48.3 Å². The molecule has 6 heteroatoms. The van der Waals surface area contributed by atoms with Crippen LogP contribution >= 0.6 is 0 Å². The Hall–Kier alpha value is -2.60. The summed E-state index contributed by atoms with van der Waals surface area (Å²) < 4.78 is 0. The van der Waals surface area contributed by atoms with E-state index in [0.29, 0.717) is 6.04 Å². The first-order valence-corrected chi connectivity index (χ1v) is 10.2. The van der Waals surface area contributed by atoms with Crippen LogP contribution in [0.25, 0.3) is 10.9 Å². The van der Waals surface area contributed by atoms with E-state index in [1.807, 2.05) is 31.3 Å². The summed E-state index contributed by atoms with van der Waals surface area (Å²) in [4.78, 5) is 14.3. The van der Waals surface area contributed by atoms with Crippen molar-refractivity contribution in [3.63, 3.8) is 0 Å². The van der Waals surface area contributed by atoms with Gasteiger partial charge in [-0.05, 0) is 55.8 Å². The van der Waals surface area contributed by atoms with Crippen LogP contribution in [0.1, 0.15) is 31.2 Å². The normalized spacial score (nSPS) is 19.6. The van der Waals surface area contributed by atoms with Crippen molar-refractivity contribution >= 4 is 22.7 Å². The fraction of sp³-hybridized carbons (Fsp3) is 0.455. The summed E-state index contributed by atoms with van der Waals surface area (Å²) in [5.74, 6) is 2.43. The standard InChI is InChI=1S/C22H30N6/c1-28(2)21-11-12-24-22(27-21)26-18-9-7-16(8-10-18)13-23-14-17-15-25-20-6-4-3-5-19(17)20/h3-6,11-12,15-16,18,23,25H,7-10,13-14H2,1-2H3,(H,24,26,27)/t16-,18+. The lowest BCUT2D eigenvalue weighted by Gasteiger charge is -2.29. The van der Waals surface area contributed by atoms with Crippen LogP contribution in [0.15, 0.2) is 42.7 Å². The minimum absolute atomic E-state index is 0.474. The molecule has 6 nitrogen and oxygen atoms in total. The first-order chi connectivity index (χ1) is 13.7. The molecule has 0 amide bonds. The van der Waals surface area contributed by atoms with Gasteiger partial charge in [0.25, 0.3) is 0 Å². The van der Waals surface area contributed by atoms with Crippen LogP contribution in [0.3, 0.4) is 0 Å². The van der Waals surface area contributed by atoms with Gasteiger partial charge in [-0.2, -0.15) is 4.98 Å². The van der Waals surface area contributed by atoms with E-state index >= 15 is 0 Å². The Kier molecular flexibility index (Phi) is 5.76. The van der Waals surface area contributed by atoms with Gasteiger partial charge in [-0.1, -0.05) is 18.2 Å². The lowest BCUT2D eigenvalue weighted by Crippen LogP contribution is -2.31. The van der Waals surface area contributed by atoms with Gasteiger partial charge in [0.15, 0.2) is 0 Å². The Balaban J connectivity index is 1.22. The van der Waals surface area contributed by atoms with Crippen LogP contribution in [-0.2, 0) is 6.54 Å². The lowest BCUT2D eigenvalue weighted by molar-refractivity contribution is 0.324. The van der Waals surface area contributed by atoms with Gasteiger partial charge in [0, 0.05) is 50.0 Å². The average molecular weight is 379 g/mol. The molecule has 28 heavy (non-hydrogen) atoms. The number of hydrogen-bond donors (Lipinski definition) is 3. The summed E-state index contributed by atoms with van der Waals surface area (Å²) >= 11 is 0. The second-order valence-corrected chi connectivity index (χ2v) is 7.99. The summed E-state index contributed by atoms with van der Waals surface area (Å²) in [7, 11) is 4.00. The van der Waals surface area contributed by atoms with Crippen LogP contribution in [0.4, 0.5) is 11.8 Å². The molecule has 1 aliphatic rings. The highest BCUT2D eigenvalue weighted by Gasteiger charge is 2.21. The van der Waals surface area contributed by atoms with Crippen molar-refractivity contribution in [2.75, 3.05) is 30.9 Å². The molecule has 148 valence electrons. The van der Waals surface area contributed by atoms with Crippen molar-refractivity contribution in [3.8, 4) is 0 Å². The van der Waals surface area contributed by atoms with E-state index in [2.05, 4.69) is 56.0 Å². The van der Waals surface area contributed by atoms with Crippen LogP contribution in [0.5, 0.6) is 0 Å². The summed E-state index contributed by atoms with van der Waals surface area (Å²) in [6, 6.07) is 10.9. The number of aromatic amines is 1. The van der Waals surface area contributed by atoms with E-state index in [1.165, 1.54) is 42.1 Å². The van der Waals surface area contributed by atoms with Crippen molar-refractivity contribution in [2.24, 2.45) is 5.92 Å². The number of nitrogens with zero attached hydrogens (tertiary/aromatic N) is 3. The lowest BCUT2D eigenvalue weighted by atomic mass is 9.86. The van der Waals surface area contributed by atoms with Crippen LogP contribution in [-0.4, -0.2) is 41.6 Å². The molecule has 3 N–H and O–H groups in total. The number of nitrogens with one attached hydrogen (secondary N) is 3. The molecule has 0 bridgehead atoms. The Labute approximate surface area is 166 Å². The Morgan fingerprint density at radius 3 is 2.75 bits per heavy atom. The summed E-state index contributed by atoms with van der Waals surface area (Å²) in [5.41, 5.74) is 2.57. The minimum Gasteiger partial charge on any atom is -0.363 e. The number of aromatic nitrogens is 3. The number of hydrogen-bond acceptors (Lipinski definition) is 5. The number of anilines is 2. The SMILES string of the molecule is CN(C)c1ccnc(N[C@H]2CC[C@@H](CNCc3c[nH]c4ccccc34)CC2)n1. The molecule has 1 fully saturated rings. The third-order valence-electron chi connectivity index (χ3n) is 5.70. The maximum Gasteiger partial charge on any atom is 0.224 e. The second-order valence-electron chi connectivity index (χ2n) is 7.99. The van der Waals surface area contributed by atoms with Crippen molar-refractivity contribution in [1.29, 1.82) is 0 Å². The molecule has 0 aliphatic heterocycles. The molecule has 0 spiro atoms.